The average molecular weight is 334 g/mol. The molecule has 0 aromatic heterocycles. The maximum atomic E-state index is 12.8. The first kappa shape index (κ1) is 18.1. The van der Waals surface area contributed by atoms with E-state index in [1.807, 2.05) is 18.7 Å². The molecule has 0 aliphatic carbocycles. The first-order chi connectivity index (χ1) is 11.5. The molecule has 132 valence electrons. The predicted molar refractivity (Wildman–Crippen MR) is 91.5 cm³/mol. The number of likely N-dealkylation sites (tertiary alicyclic amines) is 1. The molecular weight excluding hydrogens is 308 g/mol. The minimum absolute atomic E-state index is 0.0113. The lowest BCUT2D eigenvalue weighted by Crippen LogP contribution is -2.50. The van der Waals surface area contributed by atoms with Crippen LogP contribution in [0.25, 0.3) is 0 Å². The van der Waals surface area contributed by atoms with Gasteiger partial charge in [0.1, 0.15) is 23.1 Å². The number of carbonyl (C=O) groups excluding carboxylic acids is 2. The van der Waals surface area contributed by atoms with Crippen molar-refractivity contribution < 1.29 is 19.1 Å². The second-order valence-corrected chi connectivity index (χ2v) is 6.27. The molecule has 0 spiro atoms. The number of methoxy groups -OCH3 is 2. The zero-order chi connectivity index (χ0) is 17.7. The Labute approximate surface area is 143 Å². The van der Waals surface area contributed by atoms with Crippen LogP contribution in [0.2, 0.25) is 0 Å². The number of hydrogen-bond acceptors (Lipinski definition) is 4. The number of hydrogen-bond donors (Lipinski definition) is 1. The molecule has 1 aliphatic rings. The minimum Gasteiger partial charge on any atom is -0.496 e. The number of benzene rings is 1. The number of ether oxygens (including phenoxy) is 2. The average Bonchev–Trinajstić information content (AvgIpc) is 3.12. The Bertz CT molecular complexity index is 572. The van der Waals surface area contributed by atoms with E-state index in [0.717, 1.165) is 25.9 Å². The van der Waals surface area contributed by atoms with E-state index < -0.39 is 6.04 Å². The SMILES string of the molecule is COc1cccc(OC)c1C(=O)N[C@@H](C(=O)N1CCCC1)C(C)C. The lowest BCUT2D eigenvalue weighted by atomic mass is 10.0. The third kappa shape index (κ3) is 3.80. The Kier molecular flexibility index (Phi) is 6.06. The van der Waals surface area contributed by atoms with Crippen molar-refractivity contribution in [2.24, 2.45) is 5.92 Å². The monoisotopic (exact) mass is 334 g/mol. The molecule has 2 rings (SSSR count). The molecule has 1 fully saturated rings. The van der Waals surface area contributed by atoms with Gasteiger partial charge in [-0.15, -0.1) is 0 Å². The summed E-state index contributed by atoms with van der Waals surface area (Å²) < 4.78 is 10.6. The summed E-state index contributed by atoms with van der Waals surface area (Å²) in [6.07, 6.45) is 2.04. The Morgan fingerprint density at radius 3 is 2.08 bits per heavy atom. The summed E-state index contributed by atoms with van der Waals surface area (Å²) in [6, 6.07) is 4.59. The van der Waals surface area contributed by atoms with Crippen LogP contribution >= 0.6 is 0 Å². The first-order valence-corrected chi connectivity index (χ1v) is 8.30. The number of rotatable bonds is 6. The fraction of sp³-hybridized carbons (Fsp3) is 0.556. The maximum absolute atomic E-state index is 12.8. The number of nitrogens with one attached hydrogen (secondary N) is 1. The maximum Gasteiger partial charge on any atom is 0.259 e. The second kappa shape index (κ2) is 8.04. The molecule has 0 unspecified atom stereocenters. The van der Waals surface area contributed by atoms with Crippen molar-refractivity contribution in [1.29, 1.82) is 0 Å². The van der Waals surface area contributed by atoms with Crippen molar-refractivity contribution in [3.8, 4) is 11.5 Å². The van der Waals surface area contributed by atoms with Gasteiger partial charge in [0.25, 0.3) is 5.91 Å². The van der Waals surface area contributed by atoms with Gasteiger partial charge in [-0.25, -0.2) is 0 Å². The van der Waals surface area contributed by atoms with Gasteiger partial charge >= 0.3 is 0 Å². The van der Waals surface area contributed by atoms with Gasteiger partial charge in [0.2, 0.25) is 5.91 Å². The minimum atomic E-state index is -0.565. The molecule has 1 N–H and O–H groups in total. The molecule has 1 aromatic carbocycles. The van der Waals surface area contributed by atoms with E-state index in [9.17, 15) is 9.59 Å². The van der Waals surface area contributed by atoms with Gasteiger partial charge in [0.05, 0.1) is 14.2 Å². The van der Waals surface area contributed by atoms with Gasteiger partial charge in [-0.2, -0.15) is 0 Å². The molecule has 1 aromatic rings. The van der Waals surface area contributed by atoms with Crippen molar-refractivity contribution in [3.05, 3.63) is 23.8 Å². The molecule has 0 radical (unpaired) electrons. The van der Waals surface area contributed by atoms with Crippen LogP contribution in [0.15, 0.2) is 18.2 Å². The molecule has 1 aliphatic heterocycles. The van der Waals surface area contributed by atoms with Crippen LogP contribution in [0.4, 0.5) is 0 Å². The van der Waals surface area contributed by atoms with Gasteiger partial charge in [0, 0.05) is 13.1 Å². The zero-order valence-corrected chi connectivity index (χ0v) is 14.8. The Hall–Kier alpha value is -2.24. The lowest BCUT2D eigenvalue weighted by molar-refractivity contribution is -0.133. The van der Waals surface area contributed by atoms with Gasteiger partial charge in [-0.1, -0.05) is 19.9 Å². The highest BCUT2D eigenvalue weighted by Gasteiger charge is 2.31. The van der Waals surface area contributed by atoms with Crippen molar-refractivity contribution in [3.63, 3.8) is 0 Å². The van der Waals surface area contributed by atoms with Crippen molar-refractivity contribution >= 4 is 11.8 Å². The van der Waals surface area contributed by atoms with Crippen LogP contribution in [0.5, 0.6) is 11.5 Å². The smallest absolute Gasteiger partial charge is 0.259 e. The van der Waals surface area contributed by atoms with Gasteiger partial charge in [-0.05, 0) is 30.9 Å². The molecule has 1 atom stereocenters. The fourth-order valence-corrected chi connectivity index (χ4v) is 2.94. The summed E-state index contributed by atoms with van der Waals surface area (Å²) in [6.45, 7) is 5.38. The molecule has 1 heterocycles. The van der Waals surface area contributed by atoms with Gasteiger partial charge in [0.15, 0.2) is 0 Å². The van der Waals surface area contributed by atoms with E-state index in [2.05, 4.69) is 5.32 Å². The molecule has 1 saturated heterocycles. The summed E-state index contributed by atoms with van der Waals surface area (Å²) >= 11 is 0. The first-order valence-electron chi connectivity index (χ1n) is 8.30. The standard InChI is InChI=1S/C18H26N2O4/c1-12(2)16(18(22)20-10-5-6-11-20)19-17(21)15-13(23-3)8-7-9-14(15)24-4/h7-9,12,16H,5-6,10-11H2,1-4H3,(H,19,21)/t16-/m1/s1. The van der Waals surface area contributed by atoms with E-state index in [1.54, 1.807) is 18.2 Å². The summed E-state index contributed by atoms with van der Waals surface area (Å²) in [5.41, 5.74) is 0.308. The van der Waals surface area contributed by atoms with Gasteiger partial charge in [-0.3, -0.25) is 9.59 Å². The van der Waals surface area contributed by atoms with E-state index in [0.29, 0.717) is 17.1 Å². The Morgan fingerprint density at radius 1 is 1.08 bits per heavy atom. The number of nitrogens with zero attached hydrogens (tertiary/aromatic N) is 1. The highest BCUT2D eigenvalue weighted by atomic mass is 16.5. The summed E-state index contributed by atoms with van der Waals surface area (Å²) in [7, 11) is 3.00. The molecule has 24 heavy (non-hydrogen) atoms. The lowest BCUT2D eigenvalue weighted by Gasteiger charge is -2.27. The Balaban J connectivity index is 2.24. The van der Waals surface area contributed by atoms with E-state index in [-0.39, 0.29) is 17.7 Å². The van der Waals surface area contributed by atoms with Crippen LogP contribution in [0, 0.1) is 5.92 Å². The topological polar surface area (TPSA) is 67.9 Å². The molecule has 6 nitrogen and oxygen atoms in total. The van der Waals surface area contributed by atoms with Crippen molar-refractivity contribution in [1.82, 2.24) is 10.2 Å². The molecule has 0 bridgehead atoms. The second-order valence-electron chi connectivity index (χ2n) is 6.27. The number of carbonyl (C=O) groups is 2. The molecule has 2 amide bonds. The fourth-order valence-electron chi connectivity index (χ4n) is 2.94. The molecule has 6 heteroatoms. The normalized spacial score (nSPS) is 15.3. The highest BCUT2D eigenvalue weighted by Crippen LogP contribution is 2.28. The predicted octanol–water partition coefficient (Wildman–Crippen LogP) is 2.08. The summed E-state index contributed by atoms with van der Waals surface area (Å²) in [4.78, 5) is 27.3. The highest BCUT2D eigenvalue weighted by molar-refractivity contribution is 6.02. The van der Waals surface area contributed by atoms with E-state index >= 15 is 0 Å². The van der Waals surface area contributed by atoms with Crippen molar-refractivity contribution in [2.45, 2.75) is 32.7 Å². The summed E-state index contributed by atoms with van der Waals surface area (Å²) in [5, 5.41) is 2.87. The van der Waals surface area contributed by atoms with Crippen LogP contribution in [0.1, 0.15) is 37.0 Å². The van der Waals surface area contributed by atoms with Crippen LogP contribution < -0.4 is 14.8 Å². The van der Waals surface area contributed by atoms with E-state index in [4.69, 9.17) is 9.47 Å². The van der Waals surface area contributed by atoms with Gasteiger partial charge < -0.3 is 19.7 Å². The zero-order valence-electron chi connectivity index (χ0n) is 14.8. The van der Waals surface area contributed by atoms with Crippen LogP contribution in [0.3, 0.4) is 0 Å². The number of amides is 2. The quantitative estimate of drug-likeness (QED) is 0.865. The summed E-state index contributed by atoms with van der Waals surface area (Å²) in [5.74, 6) is 0.439. The van der Waals surface area contributed by atoms with Crippen molar-refractivity contribution in [2.75, 3.05) is 27.3 Å². The largest absolute Gasteiger partial charge is 0.496 e. The van der Waals surface area contributed by atoms with Crippen LogP contribution in [-0.4, -0.2) is 50.1 Å². The van der Waals surface area contributed by atoms with E-state index in [1.165, 1.54) is 14.2 Å². The molecular formula is C18H26N2O4. The third-order valence-electron chi connectivity index (χ3n) is 4.29. The Morgan fingerprint density at radius 2 is 1.62 bits per heavy atom. The molecule has 0 saturated carbocycles. The third-order valence-corrected chi connectivity index (χ3v) is 4.29. The van der Waals surface area contributed by atoms with Crippen LogP contribution in [-0.2, 0) is 4.79 Å².